The normalized spacial score (nSPS) is 26.3. The van der Waals surface area contributed by atoms with Gasteiger partial charge in [0.1, 0.15) is 30.7 Å². The molecule has 0 radical (unpaired) electrons. The van der Waals surface area contributed by atoms with Gasteiger partial charge >= 0.3 is 5.97 Å². The predicted octanol–water partition coefficient (Wildman–Crippen LogP) is -0.0227. The molecule has 142 valence electrons. The van der Waals surface area contributed by atoms with Gasteiger partial charge in [0, 0.05) is 6.92 Å². The van der Waals surface area contributed by atoms with Crippen molar-refractivity contribution >= 4 is 49.0 Å². The Morgan fingerprint density at radius 2 is 2.15 bits per heavy atom. The molecule has 4 atom stereocenters. The number of rotatable bonds is 5. The van der Waals surface area contributed by atoms with Crippen LogP contribution in [0.15, 0.2) is 12.7 Å². The summed E-state index contributed by atoms with van der Waals surface area (Å²) >= 11 is 3.38. The van der Waals surface area contributed by atoms with Crippen LogP contribution >= 0.6 is 15.9 Å². The van der Waals surface area contributed by atoms with Crippen molar-refractivity contribution in [3.05, 3.63) is 12.7 Å². The van der Waals surface area contributed by atoms with Crippen LogP contribution in [0.3, 0.4) is 0 Å². The maximum Gasteiger partial charge on any atom is 0.302 e. The largest absolute Gasteiger partial charge is 0.463 e. The average Bonchev–Trinajstić information content (AvgIpc) is 3.08. The number of ether oxygens (including phenoxy) is 2. The Balaban J connectivity index is 1.98. The molecule has 2 aromatic rings. The molecular formula is C13H16BrN5O6S. The summed E-state index contributed by atoms with van der Waals surface area (Å²) in [6.07, 6.45) is 1.13. The number of fused-ring (bicyclic) bond motifs is 1. The average molecular weight is 450 g/mol. The van der Waals surface area contributed by atoms with E-state index in [9.17, 15) is 13.2 Å². The fraction of sp³-hybridized carbons (Fsp3) is 0.538. The Morgan fingerprint density at radius 3 is 2.81 bits per heavy atom. The lowest BCUT2D eigenvalue weighted by Gasteiger charge is -2.20. The van der Waals surface area contributed by atoms with Crippen molar-refractivity contribution in [1.29, 1.82) is 0 Å². The van der Waals surface area contributed by atoms with Gasteiger partial charge < -0.3 is 15.2 Å². The highest BCUT2D eigenvalue weighted by Gasteiger charge is 2.48. The molecule has 0 spiro atoms. The van der Waals surface area contributed by atoms with Gasteiger partial charge in [-0.3, -0.25) is 13.5 Å². The Morgan fingerprint density at radius 1 is 1.42 bits per heavy atom. The molecule has 0 unspecified atom stereocenters. The molecule has 0 amide bonds. The number of alkyl halides is 1. The molecule has 0 saturated carbocycles. The van der Waals surface area contributed by atoms with E-state index in [2.05, 4.69) is 30.9 Å². The van der Waals surface area contributed by atoms with Crippen molar-refractivity contribution < 1.29 is 26.9 Å². The number of hydrogen-bond donors (Lipinski definition) is 1. The molecule has 0 aromatic carbocycles. The number of nitrogens with zero attached hydrogens (tertiary/aromatic N) is 4. The quantitative estimate of drug-likeness (QED) is 0.374. The van der Waals surface area contributed by atoms with Crippen molar-refractivity contribution in [2.75, 3.05) is 18.6 Å². The highest BCUT2D eigenvalue weighted by Crippen LogP contribution is 2.38. The molecule has 2 N–H and O–H groups in total. The van der Waals surface area contributed by atoms with Gasteiger partial charge in [0.2, 0.25) is 0 Å². The number of carbonyl (C=O) groups is 1. The van der Waals surface area contributed by atoms with Gasteiger partial charge in [-0.25, -0.2) is 15.0 Å². The van der Waals surface area contributed by atoms with Crippen molar-refractivity contribution in [1.82, 2.24) is 19.5 Å². The molecule has 3 rings (SSSR count). The van der Waals surface area contributed by atoms with Crippen molar-refractivity contribution in [2.45, 2.75) is 30.2 Å². The van der Waals surface area contributed by atoms with Crippen LogP contribution in [0.5, 0.6) is 0 Å². The number of aromatic nitrogens is 4. The van der Waals surface area contributed by atoms with Crippen LogP contribution in [0, 0.1) is 0 Å². The van der Waals surface area contributed by atoms with Crippen molar-refractivity contribution in [2.24, 2.45) is 0 Å². The number of esters is 1. The van der Waals surface area contributed by atoms with Crippen LogP contribution in [0.2, 0.25) is 0 Å². The lowest BCUT2D eigenvalue weighted by Crippen LogP contribution is -2.33. The zero-order chi connectivity index (χ0) is 19.1. The number of hydrogen-bond acceptors (Lipinski definition) is 10. The fourth-order valence-corrected chi connectivity index (χ4v) is 4.02. The maximum absolute atomic E-state index is 11.7. The molecular weight excluding hydrogens is 434 g/mol. The van der Waals surface area contributed by atoms with E-state index < -0.39 is 39.4 Å². The molecule has 0 aliphatic carbocycles. The van der Waals surface area contributed by atoms with E-state index in [1.165, 1.54) is 24.1 Å². The van der Waals surface area contributed by atoms with E-state index in [0.717, 1.165) is 6.26 Å². The van der Waals surface area contributed by atoms with Gasteiger partial charge in [-0.05, 0) is 0 Å². The summed E-state index contributed by atoms with van der Waals surface area (Å²) in [5.74, 6) is -0.301. The summed E-state index contributed by atoms with van der Waals surface area (Å²) in [7, 11) is -3.79. The zero-order valence-corrected chi connectivity index (χ0v) is 16.2. The highest BCUT2D eigenvalue weighted by molar-refractivity contribution is 9.09. The van der Waals surface area contributed by atoms with Gasteiger partial charge in [-0.15, -0.1) is 0 Å². The second-order valence-corrected chi connectivity index (χ2v) is 8.32. The SMILES string of the molecule is CC(=O)OC[C@H]1O[C@@H](n2cnc3c(N)ncnc32)[C@H](OS(C)(=O)=O)[C@H]1Br. The second kappa shape index (κ2) is 7.06. The summed E-state index contributed by atoms with van der Waals surface area (Å²) in [6.45, 7) is 1.19. The number of imidazole rings is 1. The van der Waals surface area contributed by atoms with E-state index in [1.807, 2.05) is 0 Å². The number of carbonyl (C=O) groups excluding carboxylic acids is 1. The van der Waals surface area contributed by atoms with Crippen LogP contribution in [0.4, 0.5) is 5.82 Å². The third kappa shape index (κ3) is 3.79. The lowest BCUT2D eigenvalue weighted by molar-refractivity contribution is -0.145. The van der Waals surface area contributed by atoms with Gasteiger partial charge in [-0.2, -0.15) is 8.42 Å². The molecule has 0 bridgehead atoms. The minimum absolute atomic E-state index is 0.0743. The summed E-state index contributed by atoms with van der Waals surface area (Å²) in [5, 5.41) is 0. The number of halogens is 1. The molecule has 1 fully saturated rings. The summed E-state index contributed by atoms with van der Waals surface area (Å²) in [4.78, 5) is 22.6. The Bertz CT molecular complexity index is 934. The van der Waals surface area contributed by atoms with Crippen LogP contribution in [0.25, 0.3) is 11.2 Å². The van der Waals surface area contributed by atoms with Gasteiger partial charge in [-0.1, -0.05) is 15.9 Å². The maximum atomic E-state index is 11.7. The van der Waals surface area contributed by atoms with Crippen molar-refractivity contribution in [3.63, 3.8) is 0 Å². The summed E-state index contributed by atoms with van der Waals surface area (Å²) in [5.41, 5.74) is 6.49. The first-order valence-corrected chi connectivity index (χ1v) is 10.1. The molecule has 26 heavy (non-hydrogen) atoms. The van der Waals surface area contributed by atoms with Gasteiger partial charge in [0.25, 0.3) is 10.1 Å². The fourth-order valence-electron chi connectivity index (χ4n) is 2.61. The third-order valence-corrected chi connectivity index (χ3v) is 5.34. The Hall–Kier alpha value is -1.83. The lowest BCUT2D eigenvalue weighted by atomic mass is 10.2. The first-order chi connectivity index (χ1) is 12.2. The summed E-state index contributed by atoms with van der Waals surface area (Å²) < 4.78 is 40.9. The van der Waals surface area contributed by atoms with Crippen LogP contribution in [-0.4, -0.2) is 63.8 Å². The first kappa shape index (κ1) is 18.9. The van der Waals surface area contributed by atoms with Crippen LogP contribution < -0.4 is 5.73 Å². The minimum atomic E-state index is -3.79. The third-order valence-electron chi connectivity index (χ3n) is 3.66. The van der Waals surface area contributed by atoms with Gasteiger partial charge in [0.15, 0.2) is 17.7 Å². The molecule has 1 aliphatic rings. The first-order valence-electron chi connectivity index (χ1n) is 7.41. The van der Waals surface area contributed by atoms with E-state index in [1.54, 1.807) is 0 Å². The number of nitrogen functional groups attached to an aromatic ring is 1. The van der Waals surface area contributed by atoms with Gasteiger partial charge in [0.05, 0.1) is 17.4 Å². The number of anilines is 1. The monoisotopic (exact) mass is 449 g/mol. The smallest absolute Gasteiger partial charge is 0.302 e. The highest BCUT2D eigenvalue weighted by atomic mass is 79.9. The topological polar surface area (TPSA) is 149 Å². The van der Waals surface area contributed by atoms with Crippen LogP contribution in [0.1, 0.15) is 13.2 Å². The van der Waals surface area contributed by atoms with E-state index in [0.29, 0.717) is 11.2 Å². The number of nitrogens with two attached hydrogens (primary N) is 1. The van der Waals surface area contributed by atoms with Crippen molar-refractivity contribution in [3.8, 4) is 0 Å². The Kier molecular flexibility index (Phi) is 5.14. The van der Waals surface area contributed by atoms with Crippen LogP contribution in [-0.2, 0) is 28.6 Å². The molecule has 11 nitrogen and oxygen atoms in total. The Labute approximate surface area is 157 Å². The van der Waals surface area contributed by atoms with E-state index in [-0.39, 0.29) is 12.4 Å². The van der Waals surface area contributed by atoms with E-state index in [4.69, 9.17) is 19.4 Å². The molecule has 1 aliphatic heterocycles. The molecule has 13 heteroatoms. The molecule has 2 aromatic heterocycles. The molecule has 3 heterocycles. The molecule has 1 saturated heterocycles. The summed E-state index contributed by atoms with van der Waals surface area (Å²) in [6, 6.07) is 0. The second-order valence-electron chi connectivity index (χ2n) is 5.66. The standard InChI is InChI=1S/C13H16BrN5O6S/c1-6(20)23-3-7-8(14)10(25-26(2,21)22)13(24-7)19-5-18-9-11(15)16-4-17-12(9)19/h4-5,7-8,10,13H,3H2,1-2H3,(H2,15,16,17)/t7-,8+,10-,13-/m1/s1. The zero-order valence-electron chi connectivity index (χ0n) is 13.8. The van der Waals surface area contributed by atoms with E-state index >= 15 is 0 Å². The minimum Gasteiger partial charge on any atom is -0.463 e. The predicted molar refractivity (Wildman–Crippen MR) is 92.7 cm³/mol.